The molecule has 0 unspecified atom stereocenters. The molecule has 1 aliphatic rings. The maximum Gasteiger partial charge on any atom is 0.266 e. The van der Waals surface area contributed by atoms with Crippen LogP contribution < -0.4 is 4.74 Å². The number of thiocarbonyl (C=S) groups is 1. The van der Waals surface area contributed by atoms with Crippen molar-refractivity contribution in [3.05, 3.63) is 28.7 Å². The molecule has 4 nitrogen and oxygen atoms in total. The zero-order valence-corrected chi connectivity index (χ0v) is 13.8. The molecule has 0 aliphatic carbocycles. The second-order valence-corrected chi connectivity index (χ2v) is 6.79. The molecule has 112 valence electrons. The highest BCUT2D eigenvalue weighted by Gasteiger charge is 2.32. The van der Waals surface area contributed by atoms with Crippen LogP contribution in [0.3, 0.4) is 0 Å². The highest BCUT2D eigenvalue weighted by molar-refractivity contribution is 8.26. The fourth-order valence-electron chi connectivity index (χ4n) is 1.96. The molecule has 1 fully saturated rings. The summed E-state index contributed by atoms with van der Waals surface area (Å²) in [7, 11) is 1.49. The van der Waals surface area contributed by atoms with Crippen LogP contribution in [0, 0.1) is 5.92 Å². The summed E-state index contributed by atoms with van der Waals surface area (Å²) < 4.78 is 5.65. The first kappa shape index (κ1) is 15.9. The second kappa shape index (κ2) is 6.49. The lowest BCUT2D eigenvalue weighted by atomic mass is 10.1. The molecule has 1 aromatic carbocycles. The first-order valence-corrected chi connectivity index (χ1v) is 7.77. The van der Waals surface area contributed by atoms with Gasteiger partial charge in [-0.05, 0) is 29.7 Å². The maximum atomic E-state index is 12.3. The van der Waals surface area contributed by atoms with Crippen LogP contribution in [0.15, 0.2) is 23.1 Å². The van der Waals surface area contributed by atoms with Crippen molar-refractivity contribution in [2.24, 2.45) is 5.92 Å². The first-order valence-electron chi connectivity index (χ1n) is 6.54. The van der Waals surface area contributed by atoms with E-state index in [0.29, 0.717) is 27.4 Å². The van der Waals surface area contributed by atoms with Gasteiger partial charge >= 0.3 is 0 Å². The number of aromatic hydroxyl groups is 1. The molecule has 21 heavy (non-hydrogen) atoms. The summed E-state index contributed by atoms with van der Waals surface area (Å²) in [5.74, 6) is 0.745. The van der Waals surface area contributed by atoms with Gasteiger partial charge < -0.3 is 9.84 Å². The van der Waals surface area contributed by atoms with Crippen LogP contribution >= 0.6 is 24.0 Å². The topological polar surface area (TPSA) is 49.8 Å². The number of hydrogen-bond acceptors (Lipinski definition) is 5. The fourth-order valence-corrected chi connectivity index (χ4v) is 3.23. The summed E-state index contributed by atoms with van der Waals surface area (Å²) in [5.41, 5.74) is 0.787. The van der Waals surface area contributed by atoms with Crippen molar-refractivity contribution < 1.29 is 14.6 Å². The largest absolute Gasteiger partial charge is 0.504 e. The highest BCUT2D eigenvalue weighted by Crippen LogP contribution is 2.34. The Balaban J connectivity index is 2.26. The number of benzene rings is 1. The van der Waals surface area contributed by atoms with Crippen molar-refractivity contribution in [2.45, 2.75) is 13.8 Å². The van der Waals surface area contributed by atoms with Gasteiger partial charge in [-0.25, -0.2) is 0 Å². The molecule has 1 saturated heterocycles. The Morgan fingerprint density at radius 1 is 1.48 bits per heavy atom. The van der Waals surface area contributed by atoms with Gasteiger partial charge in [0.1, 0.15) is 4.32 Å². The summed E-state index contributed by atoms with van der Waals surface area (Å²) in [6.07, 6.45) is 1.77. The molecule has 0 bridgehead atoms. The molecule has 6 heteroatoms. The lowest BCUT2D eigenvalue weighted by Crippen LogP contribution is -2.31. The van der Waals surface area contributed by atoms with Gasteiger partial charge in [-0.2, -0.15) is 0 Å². The van der Waals surface area contributed by atoms with Crippen molar-refractivity contribution in [2.75, 3.05) is 13.7 Å². The smallest absolute Gasteiger partial charge is 0.266 e. The third-order valence-corrected chi connectivity index (χ3v) is 4.30. The van der Waals surface area contributed by atoms with Crippen molar-refractivity contribution in [1.82, 2.24) is 4.90 Å². The minimum Gasteiger partial charge on any atom is -0.504 e. The standard InChI is InChI=1S/C15H17NO3S2/c1-9(2)8-16-14(18)13(21-15(16)20)7-10-4-5-11(17)12(6-10)19-3/h4-7,9,17H,8H2,1-3H3/b13-7-. The van der Waals surface area contributed by atoms with E-state index in [4.69, 9.17) is 17.0 Å². The third kappa shape index (κ3) is 3.57. The van der Waals surface area contributed by atoms with Gasteiger partial charge in [-0.1, -0.05) is 43.9 Å². The number of nitrogens with zero attached hydrogens (tertiary/aromatic N) is 1. The summed E-state index contributed by atoms with van der Waals surface area (Å²) in [5, 5.41) is 9.58. The van der Waals surface area contributed by atoms with E-state index in [9.17, 15) is 9.90 Å². The van der Waals surface area contributed by atoms with Gasteiger partial charge in [0, 0.05) is 6.54 Å². The van der Waals surface area contributed by atoms with Crippen LogP contribution in [-0.2, 0) is 4.79 Å². The highest BCUT2D eigenvalue weighted by atomic mass is 32.2. The number of carbonyl (C=O) groups is 1. The number of hydrogen-bond donors (Lipinski definition) is 1. The van der Waals surface area contributed by atoms with Gasteiger partial charge in [0.2, 0.25) is 0 Å². The van der Waals surface area contributed by atoms with Crippen LogP contribution in [-0.4, -0.2) is 33.9 Å². The predicted molar refractivity (Wildman–Crippen MR) is 89.4 cm³/mol. The number of amides is 1. The molecule has 1 heterocycles. The van der Waals surface area contributed by atoms with E-state index < -0.39 is 0 Å². The van der Waals surface area contributed by atoms with Crippen LogP contribution in [0.2, 0.25) is 0 Å². The molecule has 0 radical (unpaired) electrons. The van der Waals surface area contributed by atoms with E-state index in [-0.39, 0.29) is 11.7 Å². The predicted octanol–water partition coefficient (Wildman–Crippen LogP) is 3.26. The summed E-state index contributed by atoms with van der Waals surface area (Å²) in [6.45, 7) is 4.72. The monoisotopic (exact) mass is 323 g/mol. The van der Waals surface area contributed by atoms with Gasteiger partial charge in [0.25, 0.3) is 5.91 Å². The minimum absolute atomic E-state index is 0.0641. The van der Waals surface area contributed by atoms with E-state index >= 15 is 0 Å². The minimum atomic E-state index is -0.0641. The molecule has 1 aromatic rings. The molecule has 2 rings (SSSR count). The molecular formula is C15H17NO3S2. The van der Waals surface area contributed by atoms with Crippen LogP contribution in [0.1, 0.15) is 19.4 Å². The third-order valence-electron chi connectivity index (χ3n) is 2.92. The lowest BCUT2D eigenvalue weighted by molar-refractivity contribution is -0.122. The van der Waals surface area contributed by atoms with Gasteiger partial charge in [-0.15, -0.1) is 0 Å². The molecule has 1 N–H and O–H groups in total. The molecule has 1 amide bonds. The molecule has 0 spiro atoms. The van der Waals surface area contributed by atoms with Crippen molar-refractivity contribution in [3.63, 3.8) is 0 Å². The van der Waals surface area contributed by atoms with E-state index in [1.807, 2.05) is 13.8 Å². The van der Waals surface area contributed by atoms with Crippen LogP contribution in [0.25, 0.3) is 6.08 Å². The van der Waals surface area contributed by atoms with E-state index in [1.165, 1.54) is 18.9 Å². The average molecular weight is 323 g/mol. The summed E-state index contributed by atoms with van der Waals surface area (Å²) in [4.78, 5) is 14.6. The number of methoxy groups -OCH3 is 1. The Labute approximate surface area is 133 Å². The molecule has 0 saturated carbocycles. The number of ether oxygens (including phenoxy) is 1. The fraction of sp³-hybridized carbons (Fsp3) is 0.333. The maximum absolute atomic E-state index is 12.3. The van der Waals surface area contributed by atoms with E-state index in [2.05, 4.69) is 0 Å². The van der Waals surface area contributed by atoms with Crippen LogP contribution in [0.5, 0.6) is 11.5 Å². The summed E-state index contributed by atoms with van der Waals surface area (Å²) in [6, 6.07) is 4.96. The second-order valence-electron chi connectivity index (χ2n) is 5.12. The van der Waals surface area contributed by atoms with Crippen molar-refractivity contribution in [3.8, 4) is 11.5 Å². The zero-order chi connectivity index (χ0) is 15.6. The SMILES string of the molecule is COc1cc(/C=C2\SC(=S)N(CC(C)C)C2=O)ccc1O. The molecule has 0 aromatic heterocycles. The molecule has 0 atom stereocenters. The number of phenolic OH excluding ortho intramolecular Hbond substituents is 1. The number of phenols is 1. The Morgan fingerprint density at radius 2 is 2.19 bits per heavy atom. The van der Waals surface area contributed by atoms with Crippen molar-refractivity contribution in [1.29, 1.82) is 0 Å². The first-order chi connectivity index (χ1) is 9.92. The zero-order valence-electron chi connectivity index (χ0n) is 12.1. The van der Waals surface area contributed by atoms with Gasteiger partial charge in [0.05, 0.1) is 12.0 Å². The molecular weight excluding hydrogens is 306 g/mol. The summed E-state index contributed by atoms with van der Waals surface area (Å²) >= 11 is 6.56. The average Bonchev–Trinajstić information content (AvgIpc) is 2.68. The number of carbonyl (C=O) groups excluding carboxylic acids is 1. The van der Waals surface area contributed by atoms with E-state index in [0.717, 1.165) is 5.56 Å². The van der Waals surface area contributed by atoms with E-state index in [1.54, 1.807) is 29.2 Å². The molecule has 1 aliphatic heterocycles. The number of rotatable bonds is 4. The lowest BCUT2D eigenvalue weighted by Gasteiger charge is -2.16. The van der Waals surface area contributed by atoms with Gasteiger partial charge in [-0.3, -0.25) is 9.69 Å². The Morgan fingerprint density at radius 3 is 2.81 bits per heavy atom. The Bertz CT molecular complexity index is 611. The van der Waals surface area contributed by atoms with Crippen molar-refractivity contribution >= 4 is 40.3 Å². The van der Waals surface area contributed by atoms with Crippen LogP contribution in [0.4, 0.5) is 0 Å². The number of thioether (sulfide) groups is 1. The normalized spacial score (nSPS) is 17.1. The Hall–Kier alpha value is -1.53. The Kier molecular flexibility index (Phi) is 4.90. The van der Waals surface area contributed by atoms with Gasteiger partial charge in [0.15, 0.2) is 11.5 Å². The quantitative estimate of drug-likeness (QED) is 0.681.